The number of hydrogen-bond donors (Lipinski definition) is 1. The van der Waals surface area contributed by atoms with Crippen LogP contribution in [0.3, 0.4) is 0 Å². The van der Waals surface area contributed by atoms with Gasteiger partial charge < -0.3 is 19.9 Å². The quantitative estimate of drug-likeness (QED) is 0.331. The molecule has 1 aliphatic heterocycles. The molecule has 1 fully saturated rings. The smallest absolute Gasteiger partial charge is 0.329 e. The van der Waals surface area contributed by atoms with Crippen LogP contribution in [0.1, 0.15) is 63.7 Å². The number of carbonyl (C=O) groups excluding carboxylic acids is 4. The molecule has 1 saturated heterocycles. The average Bonchev–Trinajstić information content (AvgIpc) is 3.35. The van der Waals surface area contributed by atoms with Crippen molar-refractivity contribution in [2.75, 3.05) is 20.1 Å². The van der Waals surface area contributed by atoms with Gasteiger partial charge in [-0.2, -0.15) is 0 Å². The largest absolute Gasteiger partial charge is 0.456 e. The summed E-state index contributed by atoms with van der Waals surface area (Å²) < 4.78 is 5.95. The third-order valence-corrected chi connectivity index (χ3v) is 6.98. The second-order valence-corrected chi connectivity index (χ2v) is 9.76. The number of likely N-dealkylation sites (tertiary alicyclic amines) is 1. The first-order chi connectivity index (χ1) is 16.7. The standard InChI is InChI=1S/C27H37N3O5/c1-18(2)23(29(4)25(32)16-28-17-31)15-19(3)26(33)30-14-8-12-22(30)27(34)35-24-13-7-10-20-9-5-6-11-21(20)24/h5-6,9,11,15,17-18,22-24H,7-8,10,12-14,16H2,1-4H3,(H,28,31)/b19-15+/t22?,23?,24-/m1/s1. The Kier molecular flexibility index (Phi) is 9.07. The second kappa shape index (κ2) is 12.0. The van der Waals surface area contributed by atoms with Crippen molar-refractivity contribution in [3.63, 3.8) is 0 Å². The van der Waals surface area contributed by atoms with Crippen LogP contribution in [0.4, 0.5) is 0 Å². The Labute approximate surface area is 207 Å². The van der Waals surface area contributed by atoms with Crippen LogP contribution in [-0.4, -0.2) is 66.2 Å². The van der Waals surface area contributed by atoms with Crippen molar-refractivity contribution in [2.24, 2.45) is 5.92 Å². The normalized spacial score (nSPS) is 20.7. The predicted molar refractivity (Wildman–Crippen MR) is 132 cm³/mol. The van der Waals surface area contributed by atoms with Gasteiger partial charge in [-0.25, -0.2) is 4.79 Å². The number of fused-ring (bicyclic) bond motifs is 1. The molecule has 35 heavy (non-hydrogen) atoms. The van der Waals surface area contributed by atoms with Crippen LogP contribution in [0.15, 0.2) is 35.9 Å². The van der Waals surface area contributed by atoms with Crippen molar-refractivity contribution in [1.82, 2.24) is 15.1 Å². The van der Waals surface area contributed by atoms with Gasteiger partial charge in [-0.3, -0.25) is 14.4 Å². The number of esters is 1. The monoisotopic (exact) mass is 483 g/mol. The number of nitrogens with one attached hydrogen (secondary N) is 1. The van der Waals surface area contributed by atoms with E-state index in [-0.39, 0.29) is 42.4 Å². The summed E-state index contributed by atoms with van der Waals surface area (Å²) in [5, 5.41) is 2.38. The van der Waals surface area contributed by atoms with Crippen molar-refractivity contribution in [2.45, 2.75) is 71.1 Å². The van der Waals surface area contributed by atoms with Crippen molar-refractivity contribution in [3.05, 3.63) is 47.0 Å². The highest BCUT2D eigenvalue weighted by molar-refractivity contribution is 5.96. The molecule has 0 saturated carbocycles. The summed E-state index contributed by atoms with van der Waals surface area (Å²) in [7, 11) is 1.66. The average molecular weight is 484 g/mol. The molecule has 0 radical (unpaired) electrons. The van der Waals surface area contributed by atoms with E-state index in [9.17, 15) is 19.2 Å². The number of likely N-dealkylation sites (N-methyl/N-ethyl adjacent to an activating group) is 1. The lowest BCUT2D eigenvalue weighted by Crippen LogP contribution is -2.45. The van der Waals surface area contributed by atoms with Crippen LogP contribution < -0.4 is 5.32 Å². The van der Waals surface area contributed by atoms with Gasteiger partial charge in [0.25, 0.3) is 0 Å². The van der Waals surface area contributed by atoms with Gasteiger partial charge in [0.15, 0.2) is 0 Å². The van der Waals surface area contributed by atoms with Crippen LogP contribution in [0.5, 0.6) is 0 Å². The van der Waals surface area contributed by atoms with Gasteiger partial charge in [-0.05, 0) is 56.1 Å². The highest BCUT2D eigenvalue weighted by Crippen LogP contribution is 2.34. The summed E-state index contributed by atoms with van der Waals surface area (Å²) in [5.41, 5.74) is 2.77. The number of benzene rings is 1. The van der Waals surface area contributed by atoms with Crippen LogP contribution in [0, 0.1) is 5.92 Å². The molecule has 1 aromatic rings. The molecular formula is C27H37N3O5. The first kappa shape index (κ1) is 26.4. The number of amides is 3. The van der Waals surface area contributed by atoms with E-state index in [1.807, 2.05) is 32.0 Å². The molecule has 1 N–H and O–H groups in total. The maximum Gasteiger partial charge on any atom is 0.329 e. The minimum Gasteiger partial charge on any atom is -0.456 e. The van der Waals surface area contributed by atoms with Crippen LogP contribution in [0.25, 0.3) is 0 Å². The lowest BCUT2D eigenvalue weighted by molar-refractivity contribution is -0.158. The zero-order valence-corrected chi connectivity index (χ0v) is 21.2. The lowest BCUT2D eigenvalue weighted by atomic mass is 9.89. The third-order valence-electron chi connectivity index (χ3n) is 6.98. The van der Waals surface area contributed by atoms with Gasteiger partial charge in [-0.15, -0.1) is 0 Å². The molecule has 3 rings (SSSR count). The molecular weight excluding hydrogens is 446 g/mol. The van der Waals surface area contributed by atoms with Gasteiger partial charge in [0.1, 0.15) is 12.1 Å². The van der Waals surface area contributed by atoms with Crippen LogP contribution in [-0.2, 0) is 30.3 Å². The minimum atomic E-state index is -0.603. The minimum absolute atomic E-state index is 0.0497. The van der Waals surface area contributed by atoms with E-state index >= 15 is 0 Å². The van der Waals surface area contributed by atoms with E-state index in [4.69, 9.17) is 4.74 Å². The van der Waals surface area contributed by atoms with E-state index < -0.39 is 6.04 Å². The number of ether oxygens (including phenoxy) is 1. The van der Waals surface area contributed by atoms with E-state index in [0.29, 0.717) is 24.9 Å². The summed E-state index contributed by atoms with van der Waals surface area (Å²) >= 11 is 0. The van der Waals surface area contributed by atoms with Gasteiger partial charge >= 0.3 is 5.97 Å². The number of aryl methyl sites for hydroxylation is 1. The molecule has 0 bridgehead atoms. The van der Waals surface area contributed by atoms with Crippen LogP contribution >= 0.6 is 0 Å². The van der Waals surface area contributed by atoms with Crippen molar-refractivity contribution in [3.8, 4) is 0 Å². The molecule has 1 aromatic carbocycles. The highest BCUT2D eigenvalue weighted by atomic mass is 16.5. The molecule has 8 heteroatoms. The van der Waals surface area contributed by atoms with Crippen molar-refractivity contribution < 1.29 is 23.9 Å². The molecule has 190 valence electrons. The molecule has 2 unspecified atom stereocenters. The summed E-state index contributed by atoms with van der Waals surface area (Å²) in [4.78, 5) is 52.6. The van der Waals surface area contributed by atoms with Crippen molar-refractivity contribution >= 4 is 24.2 Å². The Bertz CT molecular complexity index is 973. The molecule has 3 atom stereocenters. The van der Waals surface area contributed by atoms with Gasteiger partial charge in [0.05, 0.1) is 12.6 Å². The Morgan fingerprint density at radius 2 is 1.94 bits per heavy atom. The summed E-state index contributed by atoms with van der Waals surface area (Å²) in [6.07, 6.45) is 6.06. The molecule has 2 aliphatic rings. The zero-order chi connectivity index (χ0) is 25.5. The highest BCUT2D eigenvalue weighted by Gasteiger charge is 2.37. The summed E-state index contributed by atoms with van der Waals surface area (Å²) in [5.74, 6) is -0.764. The van der Waals surface area contributed by atoms with E-state index in [1.165, 1.54) is 10.5 Å². The Balaban J connectivity index is 1.70. The third kappa shape index (κ3) is 6.29. The Morgan fingerprint density at radius 1 is 1.20 bits per heavy atom. The zero-order valence-electron chi connectivity index (χ0n) is 21.2. The number of hydrogen-bond acceptors (Lipinski definition) is 5. The Hall–Kier alpha value is -3.16. The maximum atomic E-state index is 13.4. The van der Waals surface area contributed by atoms with Crippen molar-refractivity contribution in [1.29, 1.82) is 0 Å². The number of rotatable bonds is 9. The summed E-state index contributed by atoms with van der Waals surface area (Å²) in [6.45, 7) is 6.05. The first-order valence-electron chi connectivity index (χ1n) is 12.4. The van der Waals surface area contributed by atoms with E-state index in [0.717, 1.165) is 31.2 Å². The molecule has 0 spiro atoms. The second-order valence-electron chi connectivity index (χ2n) is 9.76. The topological polar surface area (TPSA) is 96.0 Å². The molecule has 1 aliphatic carbocycles. The Morgan fingerprint density at radius 3 is 2.66 bits per heavy atom. The fourth-order valence-electron chi connectivity index (χ4n) is 5.03. The fourth-order valence-corrected chi connectivity index (χ4v) is 5.03. The van der Waals surface area contributed by atoms with Crippen LogP contribution in [0.2, 0.25) is 0 Å². The molecule has 1 heterocycles. The number of nitrogens with zero attached hydrogens (tertiary/aromatic N) is 2. The van der Waals surface area contributed by atoms with Gasteiger partial charge in [-0.1, -0.05) is 44.2 Å². The fraction of sp³-hybridized carbons (Fsp3) is 0.556. The maximum absolute atomic E-state index is 13.4. The predicted octanol–water partition coefficient (Wildman–Crippen LogP) is 2.77. The number of carbonyl (C=O) groups is 4. The molecule has 3 amide bonds. The molecule has 8 nitrogen and oxygen atoms in total. The SMILES string of the molecule is C/C(=C\C(C(C)C)N(C)C(=O)CNC=O)C(=O)N1CCCC1C(=O)O[C@@H]1CCCc2ccccc21. The van der Waals surface area contributed by atoms with Gasteiger partial charge in [0, 0.05) is 19.2 Å². The first-order valence-corrected chi connectivity index (χ1v) is 12.4. The van der Waals surface area contributed by atoms with E-state index in [2.05, 4.69) is 11.4 Å². The summed E-state index contributed by atoms with van der Waals surface area (Å²) in [6, 6.07) is 7.14. The molecule has 0 aromatic heterocycles. The lowest BCUT2D eigenvalue weighted by Gasteiger charge is -2.31. The van der Waals surface area contributed by atoms with E-state index in [1.54, 1.807) is 24.9 Å². The van der Waals surface area contributed by atoms with Gasteiger partial charge in [0.2, 0.25) is 18.2 Å².